The van der Waals surface area contributed by atoms with Gasteiger partial charge in [-0.25, -0.2) is 4.79 Å². The van der Waals surface area contributed by atoms with Gasteiger partial charge in [0.2, 0.25) is 0 Å². The number of carbonyl (C=O) groups excluding carboxylic acids is 1. The molecule has 0 atom stereocenters. The van der Waals surface area contributed by atoms with Crippen molar-refractivity contribution in [1.29, 1.82) is 0 Å². The molecule has 0 spiro atoms. The number of nitrogens with one attached hydrogen (secondary N) is 2. The van der Waals surface area contributed by atoms with E-state index < -0.39 is 0 Å². The molecule has 2 aromatic rings. The zero-order chi connectivity index (χ0) is 17.7. The van der Waals surface area contributed by atoms with Crippen LogP contribution in [0.1, 0.15) is 30.6 Å². The van der Waals surface area contributed by atoms with E-state index in [9.17, 15) is 4.79 Å². The number of carbonyl (C=O) groups is 1. The van der Waals surface area contributed by atoms with Gasteiger partial charge < -0.3 is 20.1 Å². The van der Waals surface area contributed by atoms with Crippen LogP contribution < -0.4 is 20.1 Å². The van der Waals surface area contributed by atoms with Crippen molar-refractivity contribution in [1.82, 2.24) is 5.32 Å². The highest BCUT2D eigenvalue weighted by molar-refractivity contribution is 7.10. The maximum absolute atomic E-state index is 12.3. The van der Waals surface area contributed by atoms with Gasteiger partial charge in [0, 0.05) is 28.6 Å². The van der Waals surface area contributed by atoms with Crippen LogP contribution in [-0.2, 0) is 5.41 Å². The number of anilines is 1. The van der Waals surface area contributed by atoms with Gasteiger partial charge >= 0.3 is 6.03 Å². The summed E-state index contributed by atoms with van der Waals surface area (Å²) in [4.78, 5) is 13.7. The number of benzene rings is 1. The number of amides is 2. The first-order valence-corrected chi connectivity index (χ1v) is 9.36. The molecular weight excluding hydrogens is 336 g/mol. The number of thiophene rings is 1. The van der Waals surface area contributed by atoms with E-state index >= 15 is 0 Å². The van der Waals surface area contributed by atoms with Crippen molar-refractivity contribution in [3.63, 3.8) is 0 Å². The molecule has 1 heterocycles. The highest BCUT2D eigenvalue weighted by Gasteiger charge is 2.36. The fourth-order valence-electron chi connectivity index (χ4n) is 3.48. The fraction of sp³-hybridized carbons (Fsp3) is 0.421. The topological polar surface area (TPSA) is 59.6 Å². The molecule has 25 heavy (non-hydrogen) atoms. The van der Waals surface area contributed by atoms with E-state index in [1.54, 1.807) is 43.8 Å². The predicted octanol–water partition coefficient (Wildman–Crippen LogP) is 4.40. The number of ether oxygens (including phenoxy) is 2. The SMILES string of the molecule is COc1ccc(NC(=O)NCC2(c3cccs3)CCCC2)cc1OC. The second kappa shape index (κ2) is 7.78. The first-order valence-electron chi connectivity index (χ1n) is 8.48. The van der Waals surface area contributed by atoms with Crippen molar-refractivity contribution in [3.8, 4) is 11.5 Å². The molecule has 0 radical (unpaired) electrons. The van der Waals surface area contributed by atoms with E-state index in [4.69, 9.17) is 9.47 Å². The summed E-state index contributed by atoms with van der Waals surface area (Å²) in [6, 6.07) is 9.40. The first-order chi connectivity index (χ1) is 12.2. The van der Waals surface area contributed by atoms with Gasteiger partial charge in [-0.15, -0.1) is 11.3 Å². The van der Waals surface area contributed by atoms with Gasteiger partial charge in [-0.2, -0.15) is 0 Å². The van der Waals surface area contributed by atoms with Crippen molar-refractivity contribution in [2.45, 2.75) is 31.1 Å². The quantitative estimate of drug-likeness (QED) is 0.803. The van der Waals surface area contributed by atoms with Crippen LogP contribution in [0.5, 0.6) is 11.5 Å². The van der Waals surface area contributed by atoms with Gasteiger partial charge in [0.05, 0.1) is 14.2 Å². The lowest BCUT2D eigenvalue weighted by atomic mass is 9.84. The van der Waals surface area contributed by atoms with Gasteiger partial charge in [0.15, 0.2) is 11.5 Å². The Labute approximate surface area is 152 Å². The standard InChI is InChI=1S/C19H24N2O3S/c1-23-15-8-7-14(12-16(15)24-2)21-18(22)20-13-19(9-3-4-10-19)17-6-5-11-25-17/h5-8,11-12H,3-4,9-10,13H2,1-2H3,(H2,20,21,22). The molecule has 3 rings (SSSR count). The third kappa shape index (κ3) is 3.90. The Morgan fingerprint density at radius 2 is 1.92 bits per heavy atom. The summed E-state index contributed by atoms with van der Waals surface area (Å²) in [5.74, 6) is 1.22. The highest BCUT2D eigenvalue weighted by Crippen LogP contribution is 2.42. The summed E-state index contributed by atoms with van der Waals surface area (Å²) in [7, 11) is 3.16. The molecule has 1 aliphatic rings. The van der Waals surface area contributed by atoms with E-state index in [0.29, 0.717) is 23.7 Å². The van der Waals surface area contributed by atoms with Gasteiger partial charge in [0.25, 0.3) is 0 Å². The van der Waals surface area contributed by atoms with Crippen molar-refractivity contribution >= 4 is 23.1 Å². The molecule has 2 N–H and O–H groups in total. The molecule has 1 aromatic carbocycles. The summed E-state index contributed by atoms with van der Waals surface area (Å²) >= 11 is 1.78. The lowest BCUT2D eigenvalue weighted by molar-refractivity contribution is 0.248. The number of hydrogen-bond donors (Lipinski definition) is 2. The Bertz CT molecular complexity index is 709. The van der Waals surface area contributed by atoms with Crippen LogP contribution in [0.3, 0.4) is 0 Å². The molecule has 6 heteroatoms. The summed E-state index contributed by atoms with van der Waals surface area (Å²) in [6.07, 6.45) is 4.70. The minimum Gasteiger partial charge on any atom is -0.493 e. The third-order valence-electron chi connectivity index (χ3n) is 4.83. The molecule has 2 amide bonds. The molecule has 1 saturated carbocycles. The van der Waals surface area contributed by atoms with Crippen molar-refractivity contribution in [3.05, 3.63) is 40.6 Å². The van der Waals surface area contributed by atoms with Crippen LogP contribution in [0.2, 0.25) is 0 Å². The van der Waals surface area contributed by atoms with Gasteiger partial charge in [-0.1, -0.05) is 18.9 Å². The molecular formula is C19H24N2O3S. The monoisotopic (exact) mass is 360 g/mol. The van der Waals surface area contributed by atoms with Crippen molar-refractivity contribution in [2.24, 2.45) is 0 Å². The van der Waals surface area contributed by atoms with Gasteiger partial charge in [-0.3, -0.25) is 0 Å². The molecule has 1 fully saturated rings. The smallest absolute Gasteiger partial charge is 0.319 e. The van der Waals surface area contributed by atoms with Crippen LogP contribution in [0.25, 0.3) is 0 Å². The maximum Gasteiger partial charge on any atom is 0.319 e. The first kappa shape index (κ1) is 17.6. The molecule has 1 aromatic heterocycles. The maximum atomic E-state index is 12.3. The van der Waals surface area contributed by atoms with E-state index in [0.717, 1.165) is 12.8 Å². The zero-order valence-corrected chi connectivity index (χ0v) is 15.4. The lowest BCUT2D eigenvalue weighted by Crippen LogP contribution is -2.40. The van der Waals surface area contributed by atoms with E-state index in [-0.39, 0.29) is 11.4 Å². The summed E-state index contributed by atoms with van der Waals surface area (Å²) in [5.41, 5.74) is 0.759. The van der Waals surface area contributed by atoms with Crippen molar-refractivity contribution < 1.29 is 14.3 Å². The minimum atomic E-state index is -0.199. The van der Waals surface area contributed by atoms with Gasteiger partial charge in [-0.05, 0) is 36.4 Å². The molecule has 0 bridgehead atoms. The normalized spacial score (nSPS) is 15.6. The molecule has 0 unspecified atom stereocenters. The van der Waals surface area contributed by atoms with Crippen LogP contribution in [0.4, 0.5) is 10.5 Å². The number of urea groups is 1. The van der Waals surface area contributed by atoms with Crippen LogP contribution in [-0.4, -0.2) is 26.8 Å². The van der Waals surface area contributed by atoms with E-state index in [1.807, 2.05) is 0 Å². The number of methoxy groups -OCH3 is 2. The summed E-state index contributed by atoms with van der Waals surface area (Å²) in [6.45, 7) is 0.659. The molecule has 0 aliphatic heterocycles. The zero-order valence-electron chi connectivity index (χ0n) is 14.6. The average Bonchev–Trinajstić information content (AvgIpc) is 3.32. The molecule has 134 valence electrons. The Balaban J connectivity index is 1.63. The molecule has 0 saturated heterocycles. The molecule has 1 aliphatic carbocycles. The van der Waals surface area contributed by atoms with Crippen LogP contribution >= 0.6 is 11.3 Å². The Morgan fingerprint density at radius 1 is 1.16 bits per heavy atom. The minimum absolute atomic E-state index is 0.0864. The van der Waals surface area contributed by atoms with Gasteiger partial charge in [0.1, 0.15) is 0 Å². The fourth-order valence-corrected chi connectivity index (χ4v) is 4.47. The van der Waals surface area contributed by atoms with Crippen LogP contribution in [0, 0.1) is 0 Å². The second-order valence-corrected chi connectivity index (χ2v) is 7.29. The second-order valence-electron chi connectivity index (χ2n) is 6.34. The molecule has 5 nitrogen and oxygen atoms in total. The Kier molecular flexibility index (Phi) is 5.48. The summed E-state index contributed by atoms with van der Waals surface area (Å²) in [5, 5.41) is 8.04. The Hall–Kier alpha value is -2.21. The number of rotatable bonds is 6. The average molecular weight is 360 g/mol. The largest absolute Gasteiger partial charge is 0.493 e. The highest BCUT2D eigenvalue weighted by atomic mass is 32.1. The lowest BCUT2D eigenvalue weighted by Gasteiger charge is -2.28. The third-order valence-corrected chi connectivity index (χ3v) is 5.95. The summed E-state index contributed by atoms with van der Waals surface area (Å²) < 4.78 is 10.5. The van der Waals surface area contributed by atoms with Crippen molar-refractivity contribution in [2.75, 3.05) is 26.1 Å². The predicted molar refractivity (Wildman–Crippen MR) is 101 cm³/mol. The van der Waals surface area contributed by atoms with E-state index in [1.165, 1.54) is 17.7 Å². The van der Waals surface area contributed by atoms with E-state index in [2.05, 4.69) is 28.1 Å². The van der Waals surface area contributed by atoms with Crippen LogP contribution in [0.15, 0.2) is 35.7 Å². The Morgan fingerprint density at radius 3 is 2.56 bits per heavy atom. The number of hydrogen-bond acceptors (Lipinski definition) is 4.